The summed E-state index contributed by atoms with van der Waals surface area (Å²) in [7, 11) is 0. The van der Waals surface area contributed by atoms with Gasteiger partial charge in [-0.15, -0.1) is 0 Å². The molecule has 0 aromatic heterocycles. The van der Waals surface area contributed by atoms with Crippen molar-refractivity contribution >= 4 is 11.7 Å². The van der Waals surface area contributed by atoms with Gasteiger partial charge in [0.05, 0.1) is 0 Å². The van der Waals surface area contributed by atoms with E-state index in [1.54, 1.807) is 0 Å². The predicted octanol–water partition coefficient (Wildman–Crippen LogP) is 3.30. The summed E-state index contributed by atoms with van der Waals surface area (Å²) in [5, 5.41) is 12.1. The summed E-state index contributed by atoms with van der Waals surface area (Å²) in [6.45, 7) is 4.34. The maximum atomic E-state index is 10.5. The highest BCUT2D eigenvalue weighted by molar-refractivity contribution is 5.67. The Bertz CT molecular complexity index is 342. The van der Waals surface area contributed by atoms with Gasteiger partial charge in [0.25, 0.3) is 0 Å². The van der Waals surface area contributed by atoms with Gasteiger partial charge in [-0.2, -0.15) is 0 Å². The Labute approximate surface area is 103 Å². The maximum Gasteiger partial charge on any atom is 0.303 e. The Morgan fingerprint density at radius 1 is 1.24 bits per heavy atom. The first kappa shape index (κ1) is 13.6. The van der Waals surface area contributed by atoms with E-state index in [4.69, 9.17) is 5.11 Å². The van der Waals surface area contributed by atoms with Crippen molar-refractivity contribution in [2.45, 2.75) is 45.6 Å². The molecule has 0 saturated carbocycles. The zero-order valence-electron chi connectivity index (χ0n) is 10.6. The van der Waals surface area contributed by atoms with Gasteiger partial charge in [0.15, 0.2) is 0 Å². The summed E-state index contributed by atoms with van der Waals surface area (Å²) < 4.78 is 0. The first-order valence-electron chi connectivity index (χ1n) is 6.23. The van der Waals surface area contributed by atoms with Crippen LogP contribution < -0.4 is 5.32 Å². The first-order valence-corrected chi connectivity index (χ1v) is 6.23. The van der Waals surface area contributed by atoms with Gasteiger partial charge in [-0.05, 0) is 37.0 Å². The molecule has 3 heteroatoms. The monoisotopic (exact) mass is 235 g/mol. The minimum absolute atomic E-state index is 0.194. The van der Waals surface area contributed by atoms with Gasteiger partial charge in [0, 0.05) is 18.2 Å². The van der Waals surface area contributed by atoms with Crippen LogP contribution in [0.1, 0.15) is 38.7 Å². The van der Waals surface area contributed by atoms with Crippen LogP contribution in [-0.4, -0.2) is 17.1 Å². The third kappa shape index (κ3) is 4.89. The van der Waals surface area contributed by atoms with E-state index in [2.05, 4.69) is 19.2 Å². The summed E-state index contributed by atoms with van der Waals surface area (Å²) in [6.07, 6.45) is 3.01. The molecule has 17 heavy (non-hydrogen) atoms. The second-order valence-electron chi connectivity index (χ2n) is 4.25. The number of aliphatic carboxylic acids is 1. The fourth-order valence-electron chi connectivity index (χ4n) is 1.75. The molecule has 0 aliphatic heterocycles. The van der Waals surface area contributed by atoms with Gasteiger partial charge in [-0.1, -0.05) is 26.0 Å². The normalized spacial score (nSPS) is 10.5. The lowest BCUT2D eigenvalue weighted by Crippen LogP contribution is -2.16. The molecule has 0 unspecified atom stereocenters. The van der Waals surface area contributed by atoms with Crippen LogP contribution in [-0.2, 0) is 11.2 Å². The molecule has 94 valence electrons. The number of carbonyl (C=O) groups is 1. The van der Waals surface area contributed by atoms with Gasteiger partial charge in [0.1, 0.15) is 0 Å². The molecule has 0 saturated heterocycles. The van der Waals surface area contributed by atoms with Crippen LogP contribution in [0.4, 0.5) is 5.69 Å². The lowest BCUT2D eigenvalue weighted by Gasteiger charge is -2.16. The van der Waals surface area contributed by atoms with E-state index in [-0.39, 0.29) is 6.42 Å². The molecule has 0 aliphatic carbocycles. The van der Waals surface area contributed by atoms with Crippen molar-refractivity contribution in [3.8, 4) is 0 Å². The SMILES string of the molecule is CCC(CC)Nc1ccc(CCC(=O)O)cc1. The Balaban J connectivity index is 2.52. The fraction of sp³-hybridized carbons (Fsp3) is 0.500. The first-order chi connectivity index (χ1) is 8.15. The molecule has 1 aromatic rings. The molecule has 0 radical (unpaired) electrons. The Hall–Kier alpha value is -1.51. The average molecular weight is 235 g/mol. The smallest absolute Gasteiger partial charge is 0.303 e. The number of carboxylic acids is 1. The molecular weight excluding hydrogens is 214 g/mol. The lowest BCUT2D eigenvalue weighted by atomic mass is 10.1. The molecule has 1 rings (SSSR count). The van der Waals surface area contributed by atoms with E-state index in [9.17, 15) is 4.79 Å². The topological polar surface area (TPSA) is 49.3 Å². The minimum atomic E-state index is -0.746. The highest BCUT2D eigenvalue weighted by Gasteiger charge is 2.03. The number of rotatable bonds is 7. The molecule has 0 bridgehead atoms. The standard InChI is InChI=1S/C14H21NO2/c1-3-12(4-2)15-13-8-5-11(6-9-13)7-10-14(16)17/h5-6,8-9,12,15H,3-4,7,10H2,1-2H3,(H,16,17). The van der Waals surface area contributed by atoms with Crippen molar-refractivity contribution in [2.75, 3.05) is 5.32 Å². The zero-order valence-corrected chi connectivity index (χ0v) is 10.6. The van der Waals surface area contributed by atoms with Gasteiger partial charge in [-0.3, -0.25) is 4.79 Å². The van der Waals surface area contributed by atoms with Crippen molar-refractivity contribution < 1.29 is 9.90 Å². The number of anilines is 1. The molecule has 0 fully saturated rings. The molecule has 0 heterocycles. The Kier molecular flexibility index (Phi) is 5.53. The van der Waals surface area contributed by atoms with E-state index in [1.165, 1.54) is 0 Å². The second kappa shape index (κ2) is 6.94. The van der Waals surface area contributed by atoms with Crippen molar-refractivity contribution in [2.24, 2.45) is 0 Å². The third-order valence-corrected chi connectivity index (χ3v) is 2.94. The number of benzene rings is 1. The second-order valence-corrected chi connectivity index (χ2v) is 4.25. The van der Waals surface area contributed by atoms with E-state index < -0.39 is 5.97 Å². The van der Waals surface area contributed by atoms with Gasteiger partial charge < -0.3 is 10.4 Å². The number of hydrogen-bond acceptors (Lipinski definition) is 2. The lowest BCUT2D eigenvalue weighted by molar-refractivity contribution is -0.136. The van der Waals surface area contributed by atoms with Crippen molar-refractivity contribution in [3.05, 3.63) is 29.8 Å². The van der Waals surface area contributed by atoms with Crippen molar-refractivity contribution in [1.29, 1.82) is 0 Å². The van der Waals surface area contributed by atoms with Crippen LogP contribution in [0.5, 0.6) is 0 Å². The zero-order chi connectivity index (χ0) is 12.7. The highest BCUT2D eigenvalue weighted by atomic mass is 16.4. The molecule has 0 atom stereocenters. The van der Waals surface area contributed by atoms with Gasteiger partial charge in [0.2, 0.25) is 0 Å². The van der Waals surface area contributed by atoms with Crippen LogP contribution in [0.15, 0.2) is 24.3 Å². The molecule has 2 N–H and O–H groups in total. The number of aryl methyl sites for hydroxylation is 1. The molecule has 0 aliphatic rings. The largest absolute Gasteiger partial charge is 0.481 e. The van der Waals surface area contributed by atoms with E-state index >= 15 is 0 Å². The summed E-state index contributed by atoms with van der Waals surface area (Å²) in [5.41, 5.74) is 2.18. The Morgan fingerprint density at radius 2 is 1.82 bits per heavy atom. The van der Waals surface area contributed by atoms with Crippen LogP contribution in [0, 0.1) is 0 Å². The van der Waals surface area contributed by atoms with Crippen molar-refractivity contribution in [1.82, 2.24) is 0 Å². The highest BCUT2D eigenvalue weighted by Crippen LogP contribution is 2.14. The summed E-state index contributed by atoms with van der Waals surface area (Å²) in [6, 6.07) is 8.55. The number of nitrogens with one attached hydrogen (secondary N) is 1. The number of hydrogen-bond donors (Lipinski definition) is 2. The van der Waals surface area contributed by atoms with E-state index in [0.29, 0.717) is 12.5 Å². The molecule has 3 nitrogen and oxygen atoms in total. The molecular formula is C14H21NO2. The van der Waals surface area contributed by atoms with Crippen LogP contribution >= 0.6 is 0 Å². The van der Waals surface area contributed by atoms with Crippen LogP contribution in [0.25, 0.3) is 0 Å². The molecule has 1 aromatic carbocycles. The van der Waals surface area contributed by atoms with Gasteiger partial charge in [-0.25, -0.2) is 0 Å². The predicted molar refractivity (Wildman–Crippen MR) is 70.4 cm³/mol. The van der Waals surface area contributed by atoms with Crippen LogP contribution in [0.2, 0.25) is 0 Å². The third-order valence-electron chi connectivity index (χ3n) is 2.94. The maximum absolute atomic E-state index is 10.5. The summed E-state index contributed by atoms with van der Waals surface area (Å²) in [5.74, 6) is -0.746. The summed E-state index contributed by atoms with van der Waals surface area (Å²) >= 11 is 0. The number of carboxylic acid groups (broad SMARTS) is 1. The van der Waals surface area contributed by atoms with Gasteiger partial charge >= 0.3 is 5.97 Å². The Morgan fingerprint density at radius 3 is 2.29 bits per heavy atom. The average Bonchev–Trinajstić information content (AvgIpc) is 2.34. The minimum Gasteiger partial charge on any atom is -0.481 e. The van der Waals surface area contributed by atoms with E-state index in [0.717, 1.165) is 24.1 Å². The van der Waals surface area contributed by atoms with Crippen molar-refractivity contribution in [3.63, 3.8) is 0 Å². The fourth-order valence-corrected chi connectivity index (χ4v) is 1.75. The molecule has 0 spiro atoms. The summed E-state index contributed by atoms with van der Waals surface area (Å²) in [4.78, 5) is 10.5. The quantitative estimate of drug-likeness (QED) is 0.762. The van der Waals surface area contributed by atoms with E-state index in [1.807, 2.05) is 24.3 Å². The molecule has 0 amide bonds. The van der Waals surface area contributed by atoms with Crippen LogP contribution in [0.3, 0.4) is 0 Å².